The predicted octanol–water partition coefficient (Wildman–Crippen LogP) is 3.49. The van der Waals surface area contributed by atoms with Crippen LogP contribution in [0, 0.1) is 25.2 Å². The van der Waals surface area contributed by atoms with Crippen LogP contribution in [0.1, 0.15) is 46.7 Å². The van der Waals surface area contributed by atoms with E-state index in [1.807, 2.05) is 72.0 Å². The average Bonchev–Trinajstić information content (AvgIpc) is 3.45. The van der Waals surface area contributed by atoms with Gasteiger partial charge in [0.25, 0.3) is 5.91 Å². The van der Waals surface area contributed by atoms with E-state index >= 15 is 0 Å². The van der Waals surface area contributed by atoms with Gasteiger partial charge < -0.3 is 10.2 Å². The predicted molar refractivity (Wildman–Crippen MR) is 130 cm³/mol. The second-order valence-corrected chi connectivity index (χ2v) is 9.66. The molecule has 1 atom stereocenters. The van der Waals surface area contributed by atoms with Crippen molar-refractivity contribution in [3.63, 3.8) is 0 Å². The highest BCUT2D eigenvalue weighted by Gasteiger charge is 2.58. The molecule has 1 aromatic carbocycles. The summed E-state index contributed by atoms with van der Waals surface area (Å²) in [5, 5.41) is 7.59. The van der Waals surface area contributed by atoms with E-state index in [9.17, 15) is 9.59 Å². The van der Waals surface area contributed by atoms with Crippen molar-refractivity contribution in [3.8, 4) is 5.69 Å². The largest absolute Gasteiger partial charge is 0.355 e. The Balaban J connectivity index is 1.12. The Kier molecular flexibility index (Phi) is 5.94. The lowest BCUT2D eigenvalue weighted by atomic mass is 9.90. The third-order valence-corrected chi connectivity index (χ3v) is 7.33. The summed E-state index contributed by atoms with van der Waals surface area (Å²) in [5.74, 6) is 0.288. The molecule has 1 aliphatic carbocycles. The molecule has 0 unspecified atom stereocenters. The first-order chi connectivity index (χ1) is 16.4. The molecule has 1 spiro atoms. The number of hydrogen-bond acceptors (Lipinski definition) is 4. The Labute approximate surface area is 200 Å². The minimum Gasteiger partial charge on any atom is -0.355 e. The maximum Gasteiger partial charge on any atom is 0.253 e. The summed E-state index contributed by atoms with van der Waals surface area (Å²) >= 11 is 0. The van der Waals surface area contributed by atoms with Crippen LogP contribution < -0.4 is 5.32 Å². The van der Waals surface area contributed by atoms with Crippen LogP contribution in [0.2, 0.25) is 0 Å². The van der Waals surface area contributed by atoms with Crippen LogP contribution in [-0.2, 0) is 11.2 Å². The van der Waals surface area contributed by atoms with E-state index in [1.54, 1.807) is 6.20 Å². The number of piperidine rings is 1. The third kappa shape index (κ3) is 4.47. The number of likely N-dealkylation sites (tertiary alicyclic amines) is 1. The van der Waals surface area contributed by atoms with E-state index in [4.69, 9.17) is 0 Å². The summed E-state index contributed by atoms with van der Waals surface area (Å²) in [4.78, 5) is 32.0. The standard InChI is InChI=1S/C27H31N5O2/c1-19-17-20(2)32(30-19)23-8-6-21(7-9-23)26(34)31-15-11-27(12-16-31)18-24(27)25(33)29-14-10-22-5-3-4-13-28-22/h3-9,13,17,24H,10-12,14-16,18H2,1-2H3,(H,29,33)/t24-/m0/s1. The molecule has 7 heteroatoms. The Morgan fingerprint density at radius 2 is 1.85 bits per heavy atom. The SMILES string of the molecule is Cc1cc(C)n(-c2ccc(C(=O)N3CCC4(CC3)C[C@H]4C(=O)NCCc3ccccn3)cc2)n1. The Morgan fingerprint density at radius 1 is 1.09 bits per heavy atom. The number of benzene rings is 1. The molecule has 0 bridgehead atoms. The molecular formula is C27H31N5O2. The maximum absolute atomic E-state index is 13.1. The molecule has 2 amide bonds. The molecular weight excluding hydrogens is 426 g/mol. The van der Waals surface area contributed by atoms with Crippen LogP contribution in [0.25, 0.3) is 5.69 Å². The number of aromatic nitrogens is 3. The first-order valence-corrected chi connectivity index (χ1v) is 12.1. The number of rotatable bonds is 6. The first kappa shape index (κ1) is 22.3. The van der Waals surface area contributed by atoms with E-state index in [1.165, 1.54) is 0 Å². The van der Waals surface area contributed by atoms with Crippen molar-refractivity contribution in [2.45, 2.75) is 39.5 Å². The van der Waals surface area contributed by atoms with Crippen molar-refractivity contribution in [1.82, 2.24) is 25.0 Å². The van der Waals surface area contributed by atoms with Crippen LogP contribution in [0.4, 0.5) is 0 Å². The van der Waals surface area contributed by atoms with Gasteiger partial charge in [-0.15, -0.1) is 0 Å². The van der Waals surface area contributed by atoms with Gasteiger partial charge in [-0.2, -0.15) is 5.10 Å². The van der Waals surface area contributed by atoms with E-state index in [0.717, 1.165) is 48.5 Å². The van der Waals surface area contributed by atoms with Crippen LogP contribution in [0.3, 0.4) is 0 Å². The molecule has 2 fully saturated rings. The lowest BCUT2D eigenvalue weighted by Crippen LogP contribution is -2.40. The van der Waals surface area contributed by atoms with Gasteiger partial charge in [0.1, 0.15) is 0 Å². The van der Waals surface area contributed by atoms with E-state index in [0.29, 0.717) is 25.2 Å². The van der Waals surface area contributed by atoms with Crippen LogP contribution in [0.5, 0.6) is 0 Å². The van der Waals surface area contributed by atoms with Crippen molar-refractivity contribution >= 4 is 11.8 Å². The van der Waals surface area contributed by atoms with Gasteiger partial charge in [0.15, 0.2) is 0 Å². The molecule has 2 aliphatic rings. The number of nitrogens with one attached hydrogen (secondary N) is 1. The zero-order chi connectivity index (χ0) is 23.7. The zero-order valence-corrected chi connectivity index (χ0v) is 19.8. The highest BCUT2D eigenvalue weighted by molar-refractivity contribution is 5.94. The van der Waals surface area contributed by atoms with Crippen molar-refractivity contribution in [1.29, 1.82) is 0 Å². The summed E-state index contributed by atoms with van der Waals surface area (Å²) < 4.78 is 1.89. The fraction of sp³-hybridized carbons (Fsp3) is 0.407. The molecule has 3 heterocycles. The topological polar surface area (TPSA) is 80.1 Å². The smallest absolute Gasteiger partial charge is 0.253 e. The molecule has 3 aromatic rings. The third-order valence-electron chi connectivity index (χ3n) is 7.33. The fourth-order valence-electron chi connectivity index (χ4n) is 5.23. The number of pyridine rings is 1. The number of nitrogens with zero attached hydrogens (tertiary/aromatic N) is 4. The molecule has 1 N–H and O–H groups in total. The molecule has 34 heavy (non-hydrogen) atoms. The van der Waals surface area contributed by atoms with Gasteiger partial charge in [-0.05, 0) is 81.0 Å². The van der Waals surface area contributed by atoms with E-state index in [2.05, 4.69) is 15.4 Å². The fourth-order valence-corrected chi connectivity index (χ4v) is 5.23. The number of carbonyl (C=O) groups excluding carboxylic acids is 2. The monoisotopic (exact) mass is 457 g/mol. The number of carbonyl (C=O) groups is 2. The molecule has 176 valence electrons. The Bertz CT molecular complexity index is 1180. The highest BCUT2D eigenvalue weighted by atomic mass is 16.2. The summed E-state index contributed by atoms with van der Waals surface area (Å²) in [5.41, 5.74) is 4.75. The summed E-state index contributed by atoms with van der Waals surface area (Å²) in [7, 11) is 0. The quantitative estimate of drug-likeness (QED) is 0.615. The van der Waals surface area contributed by atoms with Gasteiger partial charge >= 0.3 is 0 Å². The second-order valence-electron chi connectivity index (χ2n) is 9.66. The van der Waals surface area contributed by atoms with E-state index in [-0.39, 0.29) is 23.1 Å². The Hall–Kier alpha value is -3.48. The molecule has 2 aromatic heterocycles. The lowest BCUT2D eigenvalue weighted by molar-refractivity contribution is -0.123. The van der Waals surface area contributed by atoms with Crippen molar-refractivity contribution in [2.24, 2.45) is 11.3 Å². The van der Waals surface area contributed by atoms with Crippen LogP contribution in [0.15, 0.2) is 54.7 Å². The average molecular weight is 458 g/mol. The Morgan fingerprint density at radius 3 is 2.50 bits per heavy atom. The minimum atomic E-state index is 0.0618. The highest BCUT2D eigenvalue weighted by Crippen LogP contribution is 2.59. The van der Waals surface area contributed by atoms with Gasteiger partial charge in [-0.1, -0.05) is 6.07 Å². The molecule has 7 nitrogen and oxygen atoms in total. The summed E-state index contributed by atoms with van der Waals surface area (Å²) in [6, 6.07) is 15.5. The molecule has 0 radical (unpaired) electrons. The lowest BCUT2D eigenvalue weighted by Gasteiger charge is -2.33. The van der Waals surface area contributed by atoms with Crippen LogP contribution >= 0.6 is 0 Å². The first-order valence-electron chi connectivity index (χ1n) is 12.1. The summed E-state index contributed by atoms with van der Waals surface area (Å²) in [6.07, 6.45) is 5.23. The zero-order valence-electron chi connectivity index (χ0n) is 19.8. The van der Waals surface area contributed by atoms with Gasteiger partial charge in [0, 0.05) is 55.1 Å². The van der Waals surface area contributed by atoms with Crippen LogP contribution in [-0.4, -0.2) is 51.1 Å². The van der Waals surface area contributed by atoms with Crippen molar-refractivity contribution < 1.29 is 9.59 Å². The molecule has 1 saturated carbocycles. The number of amides is 2. The molecule has 5 rings (SSSR count). The number of hydrogen-bond donors (Lipinski definition) is 1. The van der Waals surface area contributed by atoms with Gasteiger partial charge in [0.05, 0.1) is 11.4 Å². The molecule has 1 aliphatic heterocycles. The van der Waals surface area contributed by atoms with Gasteiger partial charge in [-0.3, -0.25) is 14.6 Å². The van der Waals surface area contributed by atoms with Crippen molar-refractivity contribution in [2.75, 3.05) is 19.6 Å². The molecule has 1 saturated heterocycles. The maximum atomic E-state index is 13.1. The summed E-state index contributed by atoms with van der Waals surface area (Å²) in [6.45, 7) is 6.02. The van der Waals surface area contributed by atoms with E-state index < -0.39 is 0 Å². The van der Waals surface area contributed by atoms with Crippen molar-refractivity contribution in [3.05, 3.63) is 77.4 Å². The number of aryl methyl sites for hydroxylation is 2. The second kappa shape index (κ2) is 9.05. The minimum absolute atomic E-state index is 0.0618. The normalized spacial score (nSPS) is 18.6. The van der Waals surface area contributed by atoms with Gasteiger partial charge in [0.2, 0.25) is 5.91 Å². The van der Waals surface area contributed by atoms with Gasteiger partial charge in [-0.25, -0.2) is 4.68 Å².